The zero-order chi connectivity index (χ0) is 15.1. The fraction of sp³-hybridized carbons (Fsp3) is 0.421. The third-order valence-electron chi connectivity index (χ3n) is 5.22. The van der Waals surface area contributed by atoms with Crippen LogP contribution in [0, 0.1) is 11.7 Å². The maximum Gasteiger partial charge on any atom is 0.166 e. The molecule has 0 radical (unpaired) electrons. The Bertz CT molecular complexity index is 714. The summed E-state index contributed by atoms with van der Waals surface area (Å²) < 4.78 is 13.9. The number of carbonyl (C=O) groups excluding carboxylic acids is 1. The summed E-state index contributed by atoms with van der Waals surface area (Å²) >= 11 is 0. The van der Waals surface area contributed by atoms with E-state index in [0.717, 1.165) is 18.2 Å². The Morgan fingerprint density at radius 2 is 1.68 bits per heavy atom. The van der Waals surface area contributed by atoms with Crippen molar-refractivity contribution in [3.05, 3.63) is 47.8 Å². The van der Waals surface area contributed by atoms with Gasteiger partial charge in [0.1, 0.15) is 5.82 Å². The van der Waals surface area contributed by atoms with Crippen molar-refractivity contribution in [1.82, 2.24) is 5.32 Å². The molecular formula is C19H20FNO. The van der Waals surface area contributed by atoms with E-state index in [1.165, 1.54) is 25.3 Å². The number of hydrogen-bond donors (Lipinski definition) is 1. The highest BCUT2D eigenvalue weighted by Crippen LogP contribution is 2.33. The average Bonchev–Trinajstić information content (AvgIpc) is 2.54. The first kappa shape index (κ1) is 13.9. The van der Waals surface area contributed by atoms with E-state index in [0.29, 0.717) is 23.0 Å². The first-order chi connectivity index (χ1) is 10.7. The number of carbonyl (C=O) groups is 1. The maximum atomic E-state index is 13.9. The Kier molecular flexibility index (Phi) is 3.45. The van der Waals surface area contributed by atoms with E-state index in [1.54, 1.807) is 12.1 Å². The highest BCUT2D eigenvalue weighted by molar-refractivity contribution is 6.09. The SMILES string of the molecule is O=C(c1ccc(F)c2ccccc12)C1CC2CCCC(C1)N2. The summed E-state index contributed by atoms with van der Waals surface area (Å²) in [6.07, 6.45) is 5.44. The largest absolute Gasteiger partial charge is 0.311 e. The van der Waals surface area contributed by atoms with Crippen molar-refractivity contribution in [3.8, 4) is 0 Å². The second kappa shape index (κ2) is 5.47. The Morgan fingerprint density at radius 1 is 1.00 bits per heavy atom. The van der Waals surface area contributed by atoms with Crippen molar-refractivity contribution in [1.29, 1.82) is 0 Å². The minimum Gasteiger partial charge on any atom is -0.311 e. The summed E-state index contributed by atoms with van der Waals surface area (Å²) in [7, 11) is 0. The second-order valence-electron chi connectivity index (χ2n) is 6.66. The molecule has 22 heavy (non-hydrogen) atoms. The van der Waals surface area contributed by atoms with E-state index in [4.69, 9.17) is 0 Å². The molecule has 2 aromatic rings. The van der Waals surface area contributed by atoms with E-state index in [-0.39, 0.29) is 17.5 Å². The van der Waals surface area contributed by atoms with Gasteiger partial charge in [-0.25, -0.2) is 4.39 Å². The van der Waals surface area contributed by atoms with Crippen LogP contribution in [0.1, 0.15) is 42.5 Å². The van der Waals surface area contributed by atoms with Crippen LogP contribution in [0.15, 0.2) is 36.4 Å². The van der Waals surface area contributed by atoms with Gasteiger partial charge < -0.3 is 5.32 Å². The maximum absolute atomic E-state index is 13.9. The van der Waals surface area contributed by atoms with Crippen molar-refractivity contribution in [2.45, 2.75) is 44.2 Å². The van der Waals surface area contributed by atoms with Gasteiger partial charge in [-0.15, -0.1) is 0 Å². The van der Waals surface area contributed by atoms with Gasteiger partial charge in [0, 0.05) is 29.0 Å². The van der Waals surface area contributed by atoms with E-state index in [2.05, 4.69) is 5.32 Å². The van der Waals surface area contributed by atoms with Crippen LogP contribution in [0.25, 0.3) is 10.8 Å². The number of Topliss-reactive ketones (excluding diaryl/α,β-unsaturated/α-hetero) is 1. The number of rotatable bonds is 2. The highest BCUT2D eigenvalue weighted by Gasteiger charge is 2.35. The number of fused-ring (bicyclic) bond motifs is 3. The number of benzene rings is 2. The fourth-order valence-electron chi connectivity index (χ4n) is 4.18. The lowest BCUT2D eigenvalue weighted by Gasteiger charge is -2.39. The molecule has 2 fully saturated rings. The summed E-state index contributed by atoms with van der Waals surface area (Å²) in [6, 6.07) is 11.3. The number of nitrogens with one attached hydrogen (secondary N) is 1. The standard InChI is InChI=1S/C19H20FNO/c20-18-9-8-17(15-6-1-2-7-16(15)18)19(22)12-10-13-4-3-5-14(11-12)21-13/h1-2,6-9,12-14,21H,3-5,10-11H2. The zero-order valence-corrected chi connectivity index (χ0v) is 12.5. The van der Waals surface area contributed by atoms with E-state index < -0.39 is 0 Å². The lowest BCUT2D eigenvalue weighted by Crippen LogP contribution is -2.50. The van der Waals surface area contributed by atoms with Gasteiger partial charge in [-0.05, 0) is 43.2 Å². The molecule has 2 heterocycles. The van der Waals surface area contributed by atoms with Crippen molar-refractivity contribution < 1.29 is 9.18 Å². The third kappa shape index (κ3) is 2.34. The minimum atomic E-state index is -0.255. The van der Waals surface area contributed by atoms with Crippen molar-refractivity contribution in [2.24, 2.45) is 5.92 Å². The predicted octanol–water partition coefficient (Wildman–Crippen LogP) is 4.08. The van der Waals surface area contributed by atoms with Crippen LogP contribution < -0.4 is 5.32 Å². The quantitative estimate of drug-likeness (QED) is 0.846. The van der Waals surface area contributed by atoms with E-state index in [9.17, 15) is 9.18 Å². The Balaban J connectivity index is 1.70. The van der Waals surface area contributed by atoms with Gasteiger partial charge in [-0.1, -0.05) is 30.7 Å². The topological polar surface area (TPSA) is 29.1 Å². The molecule has 2 aliphatic heterocycles. The Labute approximate surface area is 129 Å². The molecule has 4 rings (SSSR count). The van der Waals surface area contributed by atoms with Crippen molar-refractivity contribution in [3.63, 3.8) is 0 Å². The molecule has 2 aromatic carbocycles. The monoisotopic (exact) mass is 297 g/mol. The van der Waals surface area contributed by atoms with Crippen LogP contribution >= 0.6 is 0 Å². The Morgan fingerprint density at radius 3 is 2.41 bits per heavy atom. The van der Waals surface area contributed by atoms with Gasteiger partial charge in [0.05, 0.1) is 0 Å². The van der Waals surface area contributed by atoms with Crippen molar-refractivity contribution in [2.75, 3.05) is 0 Å². The molecule has 2 atom stereocenters. The van der Waals surface area contributed by atoms with Crippen LogP contribution in [-0.2, 0) is 0 Å². The number of halogens is 1. The molecule has 2 unspecified atom stereocenters. The molecule has 0 aromatic heterocycles. The molecule has 1 N–H and O–H groups in total. The molecule has 114 valence electrons. The van der Waals surface area contributed by atoms with E-state index in [1.807, 2.05) is 18.2 Å². The van der Waals surface area contributed by atoms with Gasteiger partial charge in [0.25, 0.3) is 0 Å². The predicted molar refractivity (Wildman–Crippen MR) is 85.5 cm³/mol. The van der Waals surface area contributed by atoms with Crippen LogP contribution in [0.3, 0.4) is 0 Å². The van der Waals surface area contributed by atoms with Crippen LogP contribution in [0.4, 0.5) is 4.39 Å². The minimum absolute atomic E-state index is 0.0745. The second-order valence-corrected chi connectivity index (χ2v) is 6.66. The van der Waals surface area contributed by atoms with Crippen LogP contribution in [0.2, 0.25) is 0 Å². The summed E-state index contributed by atoms with van der Waals surface area (Å²) in [5.74, 6) is 0.00866. The van der Waals surface area contributed by atoms with Gasteiger partial charge >= 0.3 is 0 Å². The molecule has 2 bridgehead atoms. The van der Waals surface area contributed by atoms with Crippen LogP contribution in [0.5, 0.6) is 0 Å². The summed E-state index contributed by atoms with van der Waals surface area (Å²) in [5, 5.41) is 4.91. The third-order valence-corrected chi connectivity index (χ3v) is 5.22. The van der Waals surface area contributed by atoms with Crippen LogP contribution in [-0.4, -0.2) is 17.9 Å². The molecule has 2 nitrogen and oxygen atoms in total. The molecule has 3 heteroatoms. The molecule has 0 amide bonds. The average molecular weight is 297 g/mol. The van der Waals surface area contributed by atoms with Gasteiger partial charge in [0.2, 0.25) is 0 Å². The fourth-order valence-corrected chi connectivity index (χ4v) is 4.18. The first-order valence-corrected chi connectivity index (χ1v) is 8.20. The summed E-state index contributed by atoms with van der Waals surface area (Å²) in [4.78, 5) is 13.0. The smallest absolute Gasteiger partial charge is 0.166 e. The lowest BCUT2D eigenvalue weighted by molar-refractivity contribution is 0.0827. The molecule has 0 spiro atoms. The molecular weight excluding hydrogens is 277 g/mol. The summed E-state index contributed by atoms with van der Waals surface area (Å²) in [6.45, 7) is 0. The van der Waals surface area contributed by atoms with Gasteiger partial charge in [0.15, 0.2) is 5.78 Å². The zero-order valence-electron chi connectivity index (χ0n) is 12.5. The molecule has 0 saturated carbocycles. The number of hydrogen-bond acceptors (Lipinski definition) is 2. The summed E-state index contributed by atoms with van der Waals surface area (Å²) in [5.41, 5.74) is 0.682. The van der Waals surface area contributed by atoms with Gasteiger partial charge in [-0.2, -0.15) is 0 Å². The first-order valence-electron chi connectivity index (χ1n) is 8.20. The number of ketones is 1. The normalized spacial score (nSPS) is 27.8. The molecule has 2 saturated heterocycles. The number of piperidine rings is 2. The van der Waals surface area contributed by atoms with Crippen molar-refractivity contribution >= 4 is 16.6 Å². The molecule has 0 aliphatic carbocycles. The lowest BCUT2D eigenvalue weighted by atomic mass is 9.77. The Hall–Kier alpha value is -1.74. The molecule has 2 aliphatic rings. The van der Waals surface area contributed by atoms with E-state index >= 15 is 0 Å². The highest BCUT2D eigenvalue weighted by atomic mass is 19.1. The van der Waals surface area contributed by atoms with Gasteiger partial charge in [-0.3, -0.25) is 4.79 Å².